The van der Waals surface area contributed by atoms with E-state index in [1.807, 2.05) is 18.2 Å². The Balaban J connectivity index is 1.83. The first kappa shape index (κ1) is 14.1. The molecule has 0 atom stereocenters. The molecule has 0 spiro atoms. The van der Waals surface area contributed by atoms with E-state index in [9.17, 15) is 15.0 Å². The van der Waals surface area contributed by atoms with Crippen LogP contribution in [0.4, 0.5) is 0 Å². The Morgan fingerprint density at radius 2 is 1.91 bits per heavy atom. The van der Waals surface area contributed by atoms with E-state index in [1.165, 1.54) is 23.8 Å². The van der Waals surface area contributed by atoms with Crippen LogP contribution in [0.3, 0.4) is 0 Å². The molecule has 0 fully saturated rings. The summed E-state index contributed by atoms with van der Waals surface area (Å²) in [6.07, 6.45) is 2.79. The number of nitrogens with zero attached hydrogens (tertiary/aromatic N) is 1. The van der Waals surface area contributed by atoms with Crippen molar-refractivity contribution in [3.63, 3.8) is 0 Å². The second-order valence-electron chi connectivity index (χ2n) is 5.21. The van der Waals surface area contributed by atoms with Crippen molar-refractivity contribution in [1.29, 1.82) is 0 Å². The second kappa shape index (κ2) is 5.89. The van der Waals surface area contributed by atoms with Crippen molar-refractivity contribution in [1.82, 2.24) is 5.43 Å². The number of phenolic OH excluding ortho intramolecular Hbond substituents is 2. The van der Waals surface area contributed by atoms with Crippen molar-refractivity contribution in [3.05, 3.63) is 59.2 Å². The van der Waals surface area contributed by atoms with Gasteiger partial charge in [-0.2, -0.15) is 5.10 Å². The number of aromatic hydroxyl groups is 2. The lowest BCUT2D eigenvalue weighted by atomic mass is 9.90. The van der Waals surface area contributed by atoms with Gasteiger partial charge in [-0.15, -0.1) is 0 Å². The Morgan fingerprint density at radius 3 is 2.77 bits per heavy atom. The smallest absolute Gasteiger partial charge is 0.275 e. The molecule has 0 radical (unpaired) electrons. The van der Waals surface area contributed by atoms with Gasteiger partial charge in [-0.3, -0.25) is 4.79 Å². The number of benzene rings is 2. The normalized spacial score (nSPS) is 15.4. The van der Waals surface area contributed by atoms with Gasteiger partial charge in [0.2, 0.25) is 0 Å². The molecule has 0 bridgehead atoms. The van der Waals surface area contributed by atoms with Gasteiger partial charge in [0.25, 0.3) is 5.91 Å². The summed E-state index contributed by atoms with van der Waals surface area (Å²) < 4.78 is 0. The Bertz CT molecular complexity index is 753. The van der Waals surface area contributed by atoms with Crippen LogP contribution in [0.25, 0.3) is 0 Å². The molecule has 0 unspecified atom stereocenters. The molecule has 5 nitrogen and oxygen atoms in total. The molecule has 5 heteroatoms. The van der Waals surface area contributed by atoms with Crippen molar-refractivity contribution in [3.8, 4) is 11.5 Å². The molecular formula is C17H16N2O3. The maximum Gasteiger partial charge on any atom is 0.275 e. The van der Waals surface area contributed by atoms with Gasteiger partial charge in [-0.05, 0) is 43.0 Å². The van der Waals surface area contributed by atoms with Gasteiger partial charge >= 0.3 is 0 Å². The number of nitrogens with one attached hydrogen (secondary N) is 1. The molecule has 1 aliphatic rings. The summed E-state index contributed by atoms with van der Waals surface area (Å²) in [5.41, 5.74) is 5.55. The van der Waals surface area contributed by atoms with Crippen LogP contribution < -0.4 is 5.43 Å². The zero-order valence-electron chi connectivity index (χ0n) is 11.9. The highest BCUT2D eigenvalue weighted by Gasteiger charge is 2.16. The van der Waals surface area contributed by atoms with E-state index in [2.05, 4.69) is 16.6 Å². The quantitative estimate of drug-likeness (QED) is 0.588. The van der Waals surface area contributed by atoms with Crippen LogP contribution >= 0.6 is 0 Å². The Morgan fingerprint density at radius 1 is 1.09 bits per heavy atom. The lowest BCUT2D eigenvalue weighted by Gasteiger charge is -2.17. The van der Waals surface area contributed by atoms with E-state index in [1.54, 1.807) is 0 Å². The SMILES string of the molecule is O=C(N/N=C1\CCCc2ccccc21)c1cc(O)ccc1O. The summed E-state index contributed by atoms with van der Waals surface area (Å²) in [6, 6.07) is 11.8. The maximum absolute atomic E-state index is 12.1. The Labute approximate surface area is 127 Å². The van der Waals surface area contributed by atoms with Crippen LogP contribution in [0.2, 0.25) is 0 Å². The van der Waals surface area contributed by atoms with E-state index in [0.717, 1.165) is 30.5 Å². The van der Waals surface area contributed by atoms with Crippen LogP contribution in [-0.4, -0.2) is 21.8 Å². The van der Waals surface area contributed by atoms with Crippen molar-refractivity contribution in [2.75, 3.05) is 0 Å². The van der Waals surface area contributed by atoms with Crippen molar-refractivity contribution in [2.45, 2.75) is 19.3 Å². The van der Waals surface area contributed by atoms with Crippen LogP contribution in [-0.2, 0) is 6.42 Å². The van der Waals surface area contributed by atoms with Crippen LogP contribution in [0.5, 0.6) is 11.5 Å². The monoisotopic (exact) mass is 296 g/mol. The molecule has 0 saturated carbocycles. The molecule has 0 heterocycles. The zero-order chi connectivity index (χ0) is 15.5. The van der Waals surface area contributed by atoms with Gasteiger partial charge in [0, 0.05) is 5.56 Å². The number of hydrazone groups is 1. The van der Waals surface area contributed by atoms with Gasteiger partial charge in [-0.1, -0.05) is 24.3 Å². The highest BCUT2D eigenvalue weighted by molar-refractivity contribution is 6.04. The summed E-state index contributed by atoms with van der Waals surface area (Å²) in [5, 5.41) is 23.3. The predicted octanol–water partition coefficient (Wildman–Crippen LogP) is 2.57. The van der Waals surface area contributed by atoms with Crippen molar-refractivity contribution >= 4 is 11.6 Å². The van der Waals surface area contributed by atoms with Crippen molar-refractivity contribution in [2.24, 2.45) is 5.10 Å². The lowest BCUT2D eigenvalue weighted by Crippen LogP contribution is -2.22. The third-order valence-corrected chi connectivity index (χ3v) is 3.71. The highest BCUT2D eigenvalue weighted by Crippen LogP contribution is 2.23. The number of carbonyl (C=O) groups is 1. The largest absolute Gasteiger partial charge is 0.508 e. The van der Waals surface area contributed by atoms with Gasteiger partial charge in [0.15, 0.2) is 0 Å². The standard InChI is InChI=1S/C17H16N2O3/c20-12-8-9-16(21)14(10-12)17(22)19-18-15-7-3-5-11-4-1-2-6-13(11)15/h1-2,4,6,8-10,20-21H,3,5,7H2,(H,19,22)/b18-15+. The molecule has 22 heavy (non-hydrogen) atoms. The fraction of sp³-hybridized carbons (Fsp3) is 0.176. The van der Waals surface area contributed by atoms with E-state index in [-0.39, 0.29) is 17.1 Å². The van der Waals surface area contributed by atoms with Crippen LogP contribution in [0.1, 0.15) is 34.3 Å². The molecule has 0 saturated heterocycles. The lowest BCUT2D eigenvalue weighted by molar-refractivity contribution is 0.0951. The number of carbonyl (C=O) groups excluding carboxylic acids is 1. The summed E-state index contributed by atoms with van der Waals surface area (Å²) in [6.45, 7) is 0. The molecule has 2 aromatic rings. The average Bonchev–Trinajstić information content (AvgIpc) is 2.54. The minimum Gasteiger partial charge on any atom is -0.508 e. The van der Waals surface area contributed by atoms with E-state index < -0.39 is 5.91 Å². The van der Waals surface area contributed by atoms with E-state index >= 15 is 0 Å². The zero-order valence-corrected chi connectivity index (χ0v) is 11.9. The number of hydrogen-bond donors (Lipinski definition) is 3. The molecular weight excluding hydrogens is 280 g/mol. The second-order valence-corrected chi connectivity index (χ2v) is 5.21. The van der Waals surface area contributed by atoms with Gasteiger partial charge < -0.3 is 10.2 Å². The maximum atomic E-state index is 12.1. The average molecular weight is 296 g/mol. The Kier molecular flexibility index (Phi) is 3.78. The predicted molar refractivity (Wildman–Crippen MR) is 83.2 cm³/mol. The topological polar surface area (TPSA) is 81.9 Å². The molecule has 0 aliphatic heterocycles. The summed E-state index contributed by atoms with van der Waals surface area (Å²) in [5.74, 6) is -0.831. The molecule has 3 N–H and O–H groups in total. The van der Waals surface area contributed by atoms with Gasteiger partial charge in [0.05, 0.1) is 11.3 Å². The minimum atomic E-state index is -0.552. The number of phenols is 2. The first-order chi connectivity index (χ1) is 10.6. The molecule has 2 aromatic carbocycles. The summed E-state index contributed by atoms with van der Waals surface area (Å²) in [7, 11) is 0. The molecule has 3 rings (SSSR count). The fourth-order valence-corrected chi connectivity index (χ4v) is 2.60. The summed E-state index contributed by atoms with van der Waals surface area (Å²) >= 11 is 0. The molecule has 112 valence electrons. The summed E-state index contributed by atoms with van der Waals surface area (Å²) in [4.78, 5) is 12.1. The first-order valence-electron chi connectivity index (χ1n) is 7.12. The first-order valence-corrected chi connectivity index (χ1v) is 7.12. The van der Waals surface area contributed by atoms with E-state index in [0.29, 0.717) is 0 Å². The van der Waals surface area contributed by atoms with Gasteiger partial charge in [0.1, 0.15) is 11.5 Å². The third kappa shape index (κ3) is 2.79. The van der Waals surface area contributed by atoms with Crippen LogP contribution in [0.15, 0.2) is 47.6 Å². The number of aryl methyl sites for hydroxylation is 1. The number of amides is 1. The molecule has 1 aliphatic carbocycles. The highest BCUT2D eigenvalue weighted by atomic mass is 16.3. The number of hydrogen-bond acceptors (Lipinski definition) is 4. The molecule has 0 aromatic heterocycles. The van der Waals surface area contributed by atoms with E-state index in [4.69, 9.17) is 0 Å². The van der Waals surface area contributed by atoms with Crippen molar-refractivity contribution < 1.29 is 15.0 Å². The fourth-order valence-electron chi connectivity index (χ4n) is 2.60. The number of fused-ring (bicyclic) bond motifs is 1. The van der Waals surface area contributed by atoms with Gasteiger partial charge in [-0.25, -0.2) is 5.43 Å². The molecule has 1 amide bonds. The third-order valence-electron chi connectivity index (χ3n) is 3.71. The number of rotatable bonds is 2. The minimum absolute atomic E-state index is 0.00607. The Hall–Kier alpha value is -2.82. The van der Waals surface area contributed by atoms with Crippen LogP contribution in [0, 0.1) is 0 Å².